The van der Waals surface area contributed by atoms with Crippen LogP contribution in [0.25, 0.3) is 0 Å². The summed E-state index contributed by atoms with van der Waals surface area (Å²) in [5.74, 6) is 1.45. The lowest BCUT2D eigenvalue weighted by Gasteiger charge is -2.01. The number of hydrogen-bond acceptors (Lipinski definition) is 5. The van der Waals surface area contributed by atoms with Gasteiger partial charge in [0.25, 0.3) is 0 Å². The number of anilines is 1. The average Bonchev–Trinajstić information content (AvgIpc) is 2.75. The molecule has 2 aromatic rings. The molecule has 0 aliphatic rings. The third kappa shape index (κ3) is 3.78. The van der Waals surface area contributed by atoms with Crippen LogP contribution in [0.2, 0.25) is 0 Å². The molecule has 0 saturated carbocycles. The molecule has 90 valence electrons. The molecule has 0 saturated heterocycles. The van der Waals surface area contributed by atoms with E-state index in [0.29, 0.717) is 5.92 Å². The molecule has 1 N–H and O–H groups in total. The van der Waals surface area contributed by atoms with Gasteiger partial charge in [-0.2, -0.15) is 0 Å². The molecule has 17 heavy (non-hydrogen) atoms. The van der Waals surface area contributed by atoms with E-state index in [9.17, 15) is 0 Å². The van der Waals surface area contributed by atoms with Gasteiger partial charge in [0.1, 0.15) is 5.82 Å². The highest BCUT2D eigenvalue weighted by Gasteiger charge is 2.04. The van der Waals surface area contributed by atoms with Crippen LogP contribution in [0.5, 0.6) is 0 Å². The quantitative estimate of drug-likeness (QED) is 0.884. The van der Waals surface area contributed by atoms with Crippen molar-refractivity contribution in [2.24, 2.45) is 5.92 Å². The molecule has 0 amide bonds. The summed E-state index contributed by atoms with van der Waals surface area (Å²) >= 11 is 1.76. The average molecular weight is 248 g/mol. The molecule has 2 rings (SSSR count). The first-order valence-electron chi connectivity index (χ1n) is 5.67. The van der Waals surface area contributed by atoms with Gasteiger partial charge in [0.15, 0.2) is 0 Å². The summed E-state index contributed by atoms with van der Waals surface area (Å²) in [7, 11) is 0. The molecule has 0 bridgehead atoms. The van der Waals surface area contributed by atoms with E-state index < -0.39 is 0 Å². The fourth-order valence-corrected chi connectivity index (χ4v) is 2.52. The van der Waals surface area contributed by atoms with E-state index in [1.807, 2.05) is 6.20 Å². The monoisotopic (exact) mass is 248 g/mol. The Bertz CT molecular complexity index is 453. The third-order valence-electron chi connectivity index (χ3n) is 2.19. The second-order valence-corrected chi connectivity index (χ2v) is 5.46. The Balaban J connectivity index is 1.89. The molecule has 0 radical (unpaired) electrons. The second kappa shape index (κ2) is 5.72. The van der Waals surface area contributed by atoms with Crippen molar-refractivity contribution in [3.8, 4) is 0 Å². The Morgan fingerprint density at radius 1 is 1.24 bits per heavy atom. The summed E-state index contributed by atoms with van der Waals surface area (Å²) in [4.78, 5) is 13.8. The number of aromatic nitrogens is 3. The zero-order chi connectivity index (χ0) is 12.1. The minimum atomic E-state index is 0.655. The van der Waals surface area contributed by atoms with E-state index in [4.69, 9.17) is 0 Å². The second-order valence-electron chi connectivity index (χ2n) is 4.26. The lowest BCUT2D eigenvalue weighted by atomic mass is 10.1. The van der Waals surface area contributed by atoms with Crippen molar-refractivity contribution in [1.29, 1.82) is 0 Å². The van der Waals surface area contributed by atoms with Crippen molar-refractivity contribution >= 4 is 17.2 Å². The van der Waals surface area contributed by atoms with E-state index in [1.165, 1.54) is 9.88 Å². The van der Waals surface area contributed by atoms with E-state index in [-0.39, 0.29) is 0 Å². The maximum atomic E-state index is 4.41. The van der Waals surface area contributed by atoms with Gasteiger partial charge in [-0.15, -0.1) is 11.3 Å². The molecule has 2 heterocycles. The van der Waals surface area contributed by atoms with Crippen LogP contribution in [0.3, 0.4) is 0 Å². The standard InChI is InChI=1S/C12H16N4S/c1-9(2)5-12-16-7-10(17-12)6-15-11-8-13-3-4-14-11/h3-4,7-9H,5-6H2,1-2H3,(H,14,15). The van der Waals surface area contributed by atoms with Gasteiger partial charge in [0, 0.05) is 29.9 Å². The molecule has 0 aromatic carbocycles. The normalized spacial score (nSPS) is 10.8. The van der Waals surface area contributed by atoms with Crippen LogP contribution in [0.1, 0.15) is 23.7 Å². The van der Waals surface area contributed by atoms with E-state index in [0.717, 1.165) is 18.8 Å². The molecule has 0 unspecified atom stereocenters. The van der Waals surface area contributed by atoms with Crippen molar-refractivity contribution < 1.29 is 0 Å². The molecule has 4 nitrogen and oxygen atoms in total. The van der Waals surface area contributed by atoms with Gasteiger partial charge in [0.2, 0.25) is 0 Å². The van der Waals surface area contributed by atoms with Gasteiger partial charge in [-0.05, 0) is 5.92 Å². The van der Waals surface area contributed by atoms with Gasteiger partial charge in [-0.25, -0.2) is 9.97 Å². The van der Waals surface area contributed by atoms with Gasteiger partial charge in [0.05, 0.1) is 17.7 Å². The first-order valence-corrected chi connectivity index (χ1v) is 6.49. The summed E-state index contributed by atoms with van der Waals surface area (Å²) in [6.45, 7) is 5.17. The maximum absolute atomic E-state index is 4.41. The molecular formula is C12H16N4S. The number of thiazole rings is 1. The highest BCUT2D eigenvalue weighted by molar-refractivity contribution is 7.11. The Kier molecular flexibility index (Phi) is 4.03. The number of rotatable bonds is 5. The number of nitrogens with zero attached hydrogens (tertiary/aromatic N) is 3. The molecular weight excluding hydrogens is 232 g/mol. The van der Waals surface area contributed by atoms with Crippen LogP contribution in [0, 0.1) is 5.92 Å². The summed E-state index contributed by atoms with van der Waals surface area (Å²) in [6.07, 6.45) is 8.05. The molecule has 0 aliphatic heterocycles. The van der Waals surface area contributed by atoms with E-state index in [2.05, 4.69) is 34.1 Å². The molecule has 0 spiro atoms. The number of nitrogens with one attached hydrogen (secondary N) is 1. The van der Waals surface area contributed by atoms with Crippen LogP contribution in [0.4, 0.5) is 5.82 Å². The summed E-state index contributed by atoms with van der Waals surface area (Å²) in [5, 5.41) is 4.43. The SMILES string of the molecule is CC(C)Cc1ncc(CNc2cnccn2)s1. The Labute approximate surface area is 105 Å². The van der Waals surface area contributed by atoms with Gasteiger partial charge >= 0.3 is 0 Å². The molecule has 2 aromatic heterocycles. The first kappa shape index (κ1) is 12.0. The van der Waals surface area contributed by atoms with Crippen LogP contribution < -0.4 is 5.32 Å². The summed E-state index contributed by atoms with van der Waals surface area (Å²) in [6, 6.07) is 0. The molecule has 0 aliphatic carbocycles. The highest BCUT2D eigenvalue weighted by atomic mass is 32.1. The van der Waals surface area contributed by atoms with Gasteiger partial charge in [-0.3, -0.25) is 4.98 Å². The zero-order valence-electron chi connectivity index (χ0n) is 10.1. The van der Waals surface area contributed by atoms with Crippen molar-refractivity contribution in [2.75, 3.05) is 5.32 Å². The Morgan fingerprint density at radius 3 is 2.82 bits per heavy atom. The molecule has 0 atom stereocenters. The predicted molar refractivity (Wildman–Crippen MR) is 70.0 cm³/mol. The lowest BCUT2D eigenvalue weighted by Crippen LogP contribution is -1.99. The topological polar surface area (TPSA) is 50.7 Å². The van der Waals surface area contributed by atoms with Crippen molar-refractivity contribution in [3.63, 3.8) is 0 Å². The van der Waals surface area contributed by atoms with Crippen LogP contribution in [-0.4, -0.2) is 15.0 Å². The fraction of sp³-hybridized carbons (Fsp3) is 0.417. The van der Waals surface area contributed by atoms with Crippen molar-refractivity contribution in [2.45, 2.75) is 26.8 Å². The molecule has 5 heteroatoms. The largest absolute Gasteiger partial charge is 0.364 e. The Hall–Kier alpha value is -1.49. The highest BCUT2D eigenvalue weighted by Crippen LogP contribution is 2.17. The predicted octanol–water partition coefficient (Wildman–Crippen LogP) is 2.74. The fourth-order valence-electron chi connectivity index (χ4n) is 1.44. The van der Waals surface area contributed by atoms with E-state index >= 15 is 0 Å². The minimum absolute atomic E-state index is 0.655. The van der Waals surface area contributed by atoms with Crippen LogP contribution in [0.15, 0.2) is 24.8 Å². The maximum Gasteiger partial charge on any atom is 0.144 e. The van der Waals surface area contributed by atoms with Crippen LogP contribution in [-0.2, 0) is 13.0 Å². The van der Waals surface area contributed by atoms with Crippen molar-refractivity contribution in [1.82, 2.24) is 15.0 Å². The van der Waals surface area contributed by atoms with Crippen LogP contribution >= 0.6 is 11.3 Å². The summed E-state index contributed by atoms with van der Waals surface area (Å²) < 4.78 is 0. The van der Waals surface area contributed by atoms with Crippen molar-refractivity contribution in [3.05, 3.63) is 34.7 Å². The minimum Gasteiger partial charge on any atom is -0.364 e. The zero-order valence-corrected chi connectivity index (χ0v) is 10.9. The summed E-state index contributed by atoms with van der Waals surface area (Å²) in [5.41, 5.74) is 0. The number of hydrogen-bond donors (Lipinski definition) is 1. The van der Waals surface area contributed by atoms with E-state index in [1.54, 1.807) is 29.9 Å². The van der Waals surface area contributed by atoms with Gasteiger partial charge in [-0.1, -0.05) is 13.8 Å². The lowest BCUT2D eigenvalue weighted by molar-refractivity contribution is 0.644. The molecule has 0 fully saturated rings. The third-order valence-corrected chi connectivity index (χ3v) is 3.21. The Morgan fingerprint density at radius 2 is 2.12 bits per heavy atom. The smallest absolute Gasteiger partial charge is 0.144 e. The first-order chi connectivity index (χ1) is 8.24. The van der Waals surface area contributed by atoms with Gasteiger partial charge < -0.3 is 5.32 Å².